The van der Waals surface area contributed by atoms with E-state index in [9.17, 15) is 4.57 Å². The number of hydrogen-bond donors (Lipinski definition) is 3. The second-order valence-electron chi connectivity index (χ2n) is 3.27. The molecule has 0 saturated carbocycles. The molecule has 0 bridgehead atoms. The summed E-state index contributed by atoms with van der Waals surface area (Å²) in [5, 5.41) is 0.882. The molecule has 0 radical (unpaired) electrons. The Labute approximate surface area is 80.7 Å². The Balaban J connectivity index is 2.67. The number of H-pyrrole nitrogens is 1. The van der Waals surface area contributed by atoms with Gasteiger partial charge in [-0.15, -0.1) is 0 Å². The molecule has 14 heavy (non-hydrogen) atoms. The predicted molar refractivity (Wildman–Crippen MR) is 54.7 cm³/mol. The van der Waals surface area contributed by atoms with Gasteiger partial charge in [0.2, 0.25) is 0 Å². The largest absolute Gasteiger partial charge is 0.359 e. The minimum absolute atomic E-state index is 0.0593. The Morgan fingerprint density at radius 3 is 2.64 bits per heavy atom. The lowest BCUT2D eigenvalue weighted by Crippen LogP contribution is -2.02. The highest BCUT2D eigenvalue weighted by atomic mass is 31.2. The van der Waals surface area contributed by atoms with Crippen molar-refractivity contribution >= 4 is 23.8 Å². The maximum atomic E-state index is 11.0. The van der Waals surface area contributed by atoms with Crippen molar-refractivity contribution in [1.82, 2.24) is 4.98 Å². The monoisotopic (exact) mass is 211 g/mol. The van der Waals surface area contributed by atoms with Crippen LogP contribution in [0.5, 0.6) is 0 Å². The van der Waals surface area contributed by atoms with E-state index in [0.29, 0.717) is 0 Å². The number of fused-ring (bicyclic) bond motifs is 1. The van der Waals surface area contributed by atoms with E-state index in [0.717, 1.165) is 16.6 Å². The molecule has 0 amide bonds. The second-order valence-corrected chi connectivity index (χ2v) is 4.87. The topological polar surface area (TPSA) is 73.3 Å². The third-order valence-corrected chi connectivity index (χ3v) is 3.03. The molecule has 4 nitrogen and oxygen atoms in total. The number of aromatic amines is 1. The van der Waals surface area contributed by atoms with Gasteiger partial charge in [-0.3, -0.25) is 4.57 Å². The summed E-state index contributed by atoms with van der Waals surface area (Å²) in [6.07, 6.45) is 0. The molecule has 0 aliphatic carbocycles. The summed E-state index contributed by atoms with van der Waals surface area (Å²) in [4.78, 5) is 21.0. The van der Waals surface area contributed by atoms with E-state index in [1.807, 2.05) is 13.0 Å². The molecule has 0 aliphatic rings. The highest BCUT2D eigenvalue weighted by Crippen LogP contribution is 2.34. The lowest BCUT2D eigenvalue weighted by molar-refractivity contribution is 0.387. The van der Waals surface area contributed by atoms with Crippen LogP contribution < -0.4 is 5.30 Å². The van der Waals surface area contributed by atoms with Gasteiger partial charge in [0.05, 0.1) is 5.30 Å². The molecule has 0 saturated heterocycles. The standard InChI is InChI=1S/C9H10NO3P/c1-6-4-7-5-8(14(11,12)13)2-3-9(7)10-6/h2-5,10H,1H3,(H2,11,12,13). The molecule has 0 spiro atoms. The molecule has 1 aromatic carbocycles. The Morgan fingerprint density at radius 2 is 2.00 bits per heavy atom. The van der Waals surface area contributed by atoms with Gasteiger partial charge in [0.25, 0.3) is 0 Å². The molecule has 0 aliphatic heterocycles. The Bertz CT molecular complexity index is 526. The van der Waals surface area contributed by atoms with Crippen molar-refractivity contribution in [3.05, 3.63) is 30.0 Å². The summed E-state index contributed by atoms with van der Waals surface area (Å²) in [6, 6.07) is 6.49. The van der Waals surface area contributed by atoms with Crippen molar-refractivity contribution in [3.63, 3.8) is 0 Å². The maximum absolute atomic E-state index is 11.0. The van der Waals surface area contributed by atoms with Gasteiger partial charge < -0.3 is 14.8 Å². The van der Waals surface area contributed by atoms with Crippen molar-refractivity contribution in [1.29, 1.82) is 0 Å². The van der Waals surface area contributed by atoms with Crippen LogP contribution in [0, 0.1) is 6.92 Å². The van der Waals surface area contributed by atoms with Crippen LogP contribution in [-0.2, 0) is 4.57 Å². The lowest BCUT2D eigenvalue weighted by Gasteiger charge is -2.02. The summed E-state index contributed by atoms with van der Waals surface area (Å²) in [6.45, 7) is 1.90. The molecule has 0 atom stereocenters. The van der Waals surface area contributed by atoms with Crippen LogP contribution in [0.4, 0.5) is 0 Å². The molecule has 3 N–H and O–H groups in total. The lowest BCUT2D eigenvalue weighted by atomic mass is 10.2. The minimum atomic E-state index is -4.13. The van der Waals surface area contributed by atoms with Crippen LogP contribution in [-0.4, -0.2) is 14.8 Å². The molecule has 0 unspecified atom stereocenters. The minimum Gasteiger partial charge on any atom is -0.359 e. The van der Waals surface area contributed by atoms with Crippen LogP contribution in [0.2, 0.25) is 0 Å². The molecule has 2 aromatic rings. The van der Waals surface area contributed by atoms with Crippen molar-refractivity contribution in [2.24, 2.45) is 0 Å². The van der Waals surface area contributed by atoms with Crippen LogP contribution in [0.15, 0.2) is 24.3 Å². The molecule has 2 rings (SSSR count). The molecular weight excluding hydrogens is 201 g/mol. The van der Waals surface area contributed by atoms with Crippen LogP contribution in [0.25, 0.3) is 10.9 Å². The van der Waals surface area contributed by atoms with Gasteiger partial charge in [-0.05, 0) is 31.2 Å². The van der Waals surface area contributed by atoms with Crippen LogP contribution >= 0.6 is 7.60 Å². The quantitative estimate of drug-likeness (QED) is 0.622. The van der Waals surface area contributed by atoms with Gasteiger partial charge in [-0.2, -0.15) is 0 Å². The second kappa shape index (κ2) is 2.95. The molecule has 1 aromatic heterocycles. The van der Waals surface area contributed by atoms with Gasteiger partial charge in [-0.25, -0.2) is 0 Å². The first-order chi connectivity index (χ1) is 6.47. The number of benzene rings is 1. The van der Waals surface area contributed by atoms with E-state index in [-0.39, 0.29) is 5.30 Å². The van der Waals surface area contributed by atoms with E-state index in [1.54, 1.807) is 6.07 Å². The van der Waals surface area contributed by atoms with E-state index < -0.39 is 7.60 Å². The zero-order valence-electron chi connectivity index (χ0n) is 7.56. The summed E-state index contributed by atoms with van der Waals surface area (Å²) < 4.78 is 11.0. The summed E-state index contributed by atoms with van der Waals surface area (Å²) in [5.74, 6) is 0. The third kappa shape index (κ3) is 1.60. The number of rotatable bonds is 1. The summed E-state index contributed by atoms with van der Waals surface area (Å²) >= 11 is 0. The Morgan fingerprint density at radius 1 is 1.29 bits per heavy atom. The first kappa shape index (κ1) is 9.46. The Kier molecular flexibility index (Phi) is 2.00. The first-order valence-electron chi connectivity index (χ1n) is 4.12. The molecule has 0 fully saturated rings. The number of hydrogen-bond acceptors (Lipinski definition) is 1. The maximum Gasteiger partial charge on any atom is 0.356 e. The molecule has 74 valence electrons. The SMILES string of the molecule is Cc1cc2cc(P(=O)(O)O)ccc2[nH]1. The number of aryl methyl sites for hydroxylation is 1. The fourth-order valence-corrected chi connectivity index (χ4v) is 2.02. The number of nitrogens with one attached hydrogen (secondary N) is 1. The van der Waals surface area contributed by atoms with Crippen molar-refractivity contribution in [2.45, 2.75) is 6.92 Å². The van der Waals surface area contributed by atoms with Crippen molar-refractivity contribution in [2.75, 3.05) is 0 Å². The normalized spacial score (nSPS) is 12.2. The average Bonchev–Trinajstić information content (AvgIpc) is 2.41. The fourth-order valence-electron chi connectivity index (χ4n) is 1.45. The smallest absolute Gasteiger partial charge is 0.356 e. The zero-order valence-corrected chi connectivity index (χ0v) is 8.45. The molecule has 1 heterocycles. The van der Waals surface area contributed by atoms with Gasteiger partial charge in [-0.1, -0.05) is 0 Å². The van der Waals surface area contributed by atoms with E-state index in [2.05, 4.69) is 4.98 Å². The predicted octanol–water partition coefficient (Wildman–Crippen LogP) is 1.28. The van der Waals surface area contributed by atoms with Crippen molar-refractivity contribution < 1.29 is 14.4 Å². The van der Waals surface area contributed by atoms with Gasteiger partial charge in [0.15, 0.2) is 0 Å². The van der Waals surface area contributed by atoms with Crippen molar-refractivity contribution in [3.8, 4) is 0 Å². The fraction of sp³-hybridized carbons (Fsp3) is 0.111. The van der Waals surface area contributed by atoms with Crippen LogP contribution in [0.1, 0.15) is 5.69 Å². The summed E-state index contributed by atoms with van der Waals surface area (Å²) in [5.41, 5.74) is 1.86. The van der Waals surface area contributed by atoms with Gasteiger partial charge >= 0.3 is 7.60 Å². The van der Waals surface area contributed by atoms with E-state index >= 15 is 0 Å². The number of aromatic nitrogens is 1. The Hall–Kier alpha value is -1.09. The van der Waals surface area contributed by atoms with Gasteiger partial charge in [0, 0.05) is 16.6 Å². The van der Waals surface area contributed by atoms with E-state index in [1.165, 1.54) is 12.1 Å². The third-order valence-electron chi connectivity index (χ3n) is 2.08. The average molecular weight is 211 g/mol. The molecular formula is C9H10NO3P. The van der Waals surface area contributed by atoms with E-state index in [4.69, 9.17) is 9.79 Å². The summed E-state index contributed by atoms with van der Waals surface area (Å²) in [7, 11) is -4.13. The van der Waals surface area contributed by atoms with Crippen LogP contribution in [0.3, 0.4) is 0 Å². The molecule has 5 heteroatoms. The highest BCUT2D eigenvalue weighted by Gasteiger charge is 2.17. The van der Waals surface area contributed by atoms with Gasteiger partial charge in [0.1, 0.15) is 0 Å². The zero-order chi connectivity index (χ0) is 10.3. The first-order valence-corrected chi connectivity index (χ1v) is 5.73. The highest BCUT2D eigenvalue weighted by molar-refractivity contribution is 7.60.